The highest BCUT2D eigenvalue weighted by Gasteiger charge is 2.24. The van der Waals surface area contributed by atoms with Crippen LogP contribution in [-0.4, -0.2) is 26.9 Å². The Hall–Kier alpha value is -1.40. The molecule has 0 amide bonds. The molecule has 1 aromatic rings. The van der Waals surface area contributed by atoms with Crippen molar-refractivity contribution in [2.75, 3.05) is 12.5 Å². The molecule has 0 aliphatic heterocycles. The molecule has 0 radical (unpaired) electrons. The van der Waals surface area contributed by atoms with Crippen LogP contribution in [0.3, 0.4) is 0 Å². The first-order valence-electron chi connectivity index (χ1n) is 6.16. The molecule has 1 aromatic carbocycles. The van der Waals surface area contributed by atoms with Crippen LogP contribution in [0.15, 0.2) is 30.3 Å². The quantitative estimate of drug-likeness (QED) is 0.435. The molecule has 0 N–H and O–H groups in total. The zero-order valence-electron chi connectivity index (χ0n) is 10.4. The molecule has 104 valence electrons. The second-order valence-electron chi connectivity index (χ2n) is 4.53. The van der Waals surface area contributed by atoms with Crippen molar-refractivity contribution in [3.8, 4) is 0 Å². The number of esters is 1. The maximum Gasteiger partial charge on any atom is 0.340 e. The monoisotopic (exact) mass is 284 g/mol. The lowest BCUT2D eigenvalue weighted by molar-refractivity contribution is 0.0176. The highest BCUT2D eigenvalue weighted by molar-refractivity contribution is 7.86. The first-order chi connectivity index (χ1) is 9.07. The standard InChI is InChI=1S/C13H16O5S/c14-13(12-4-2-1-3-5-12)17-10-18-19(15,16)9-8-11-6-7-11/h1-5,11H,6-10H2. The van der Waals surface area contributed by atoms with Crippen molar-refractivity contribution in [3.63, 3.8) is 0 Å². The second kappa shape index (κ2) is 6.16. The van der Waals surface area contributed by atoms with Gasteiger partial charge in [-0.05, 0) is 24.5 Å². The van der Waals surface area contributed by atoms with Crippen molar-refractivity contribution >= 4 is 16.1 Å². The van der Waals surface area contributed by atoms with Gasteiger partial charge < -0.3 is 4.74 Å². The summed E-state index contributed by atoms with van der Waals surface area (Å²) in [6.45, 7) is -0.569. The lowest BCUT2D eigenvalue weighted by Crippen LogP contribution is -2.16. The number of benzene rings is 1. The molecule has 1 saturated carbocycles. The van der Waals surface area contributed by atoms with Gasteiger partial charge in [-0.15, -0.1) is 0 Å². The van der Waals surface area contributed by atoms with Crippen molar-refractivity contribution in [1.82, 2.24) is 0 Å². The average Bonchev–Trinajstić information content (AvgIpc) is 3.21. The number of carbonyl (C=O) groups is 1. The number of hydrogen-bond donors (Lipinski definition) is 0. The molecule has 0 atom stereocenters. The van der Waals surface area contributed by atoms with Crippen LogP contribution >= 0.6 is 0 Å². The third kappa shape index (κ3) is 5.00. The molecular formula is C13H16O5S. The van der Waals surface area contributed by atoms with E-state index in [1.165, 1.54) is 0 Å². The van der Waals surface area contributed by atoms with Crippen molar-refractivity contribution < 1.29 is 22.1 Å². The Morgan fingerprint density at radius 2 is 1.89 bits per heavy atom. The van der Waals surface area contributed by atoms with Gasteiger partial charge >= 0.3 is 5.97 Å². The number of carbonyl (C=O) groups excluding carboxylic acids is 1. The largest absolute Gasteiger partial charge is 0.434 e. The maximum absolute atomic E-state index is 11.5. The summed E-state index contributed by atoms with van der Waals surface area (Å²) < 4.78 is 32.3. The van der Waals surface area contributed by atoms with E-state index in [4.69, 9.17) is 4.74 Å². The summed E-state index contributed by atoms with van der Waals surface area (Å²) in [5.74, 6) is -0.0937. The first kappa shape index (κ1) is 14.0. The third-order valence-electron chi connectivity index (χ3n) is 2.90. The summed E-state index contributed by atoms with van der Waals surface area (Å²) in [5.41, 5.74) is 0.362. The topological polar surface area (TPSA) is 69.7 Å². The molecule has 0 saturated heterocycles. The second-order valence-corrected chi connectivity index (χ2v) is 6.29. The Bertz CT molecular complexity index is 519. The molecule has 0 unspecified atom stereocenters. The summed E-state index contributed by atoms with van der Waals surface area (Å²) in [7, 11) is -3.59. The highest BCUT2D eigenvalue weighted by Crippen LogP contribution is 2.32. The fourth-order valence-corrected chi connectivity index (χ4v) is 2.52. The molecule has 1 fully saturated rings. The van der Waals surface area contributed by atoms with E-state index in [2.05, 4.69) is 4.18 Å². The van der Waals surface area contributed by atoms with Crippen LogP contribution in [0.25, 0.3) is 0 Å². The molecule has 2 rings (SSSR count). The molecule has 1 aliphatic rings. The summed E-state index contributed by atoms with van der Waals surface area (Å²) >= 11 is 0. The molecular weight excluding hydrogens is 268 g/mol. The number of rotatable bonds is 7. The van der Waals surface area contributed by atoms with E-state index >= 15 is 0 Å². The van der Waals surface area contributed by atoms with Crippen LogP contribution < -0.4 is 0 Å². The minimum atomic E-state index is -3.59. The van der Waals surface area contributed by atoms with Crippen LogP contribution in [0.4, 0.5) is 0 Å². The van der Waals surface area contributed by atoms with Gasteiger partial charge in [0.2, 0.25) is 6.79 Å². The lowest BCUT2D eigenvalue weighted by Gasteiger charge is -2.06. The van der Waals surface area contributed by atoms with Crippen molar-refractivity contribution in [1.29, 1.82) is 0 Å². The predicted molar refractivity (Wildman–Crippen MR) is 68.9 cm³/mol. The molecule has 0 spiro atoms. The summed E-state index contributed by atoms with van der Waals surface area (Å²) in [5, 5.41) is 0. The van der Waals surface area contributed by atoms with Crippen molar-refractivity contribution in [2.24, 2.45) is 5.92 Å². The van der Waals surface area contributed by atoms with Crippen LogP contribution in [0.1, 0.15) is 29.6 Å². The molecule has 19 heavy (non-hydrogen) atoms. The molecule has 0 aromatic heterocycles. The van der Waals surface area contributed by atoms with Crippen LogP contribution in [0, 0.1) is 5.92 Å². The maximum atomic E-state index is 11.5. The third-order valence-corrected chi connectivity index (χ3v) is 4.09. The van der Waals surface area contributed by atoms with E-state index in [9.17, 15) is 13.2 Å². The Labute approximate surface area is 112 Å². The van der Waals surface area contributed by atoms with Crippen LogP contribution in [0.5, 0.6) is 0 Å². The van der Waals surface area contributed by atoms with Crippen LogP contribution in [-0.2, 0) is 19.0 Å². The van der Waals surface area contributed by atoms with Gasteiger partial charge in [-0.2, -0.15) is 8.42 Å². The van der Waals surface area contributed by atoms with E-state index in [1.807, 2.05) is 0 Å². The zero-order chi connectivity index (χ0) is 13.7. The Morgan fingerprint density at radius 1 is 1.21 bits per heavy atom. The summed E-state index contributed by atoms with van der Waals surface area (Å²) in [6.07, 6.45) is 2.81. The van der Waals surface area contributed by atoms with Gasteiger partial charge in [-0.3, -0.25) is 0 Å². The minimum absolute atomic E-state index is 0.0133. The minimum Gasteiger partial charge on any atom is -0.434 e. The van der Waals surface area contributed by atoms with Gasteiger partial charge in [0, 0.05) is 0 Å². The Morgan fingerprint density at radius 3 is 2.53 bits per heavy atom. The van der Waals surface area contributed by atoms with Crippen molar-refractivity contribution in [2.45, 2.75) is 19.3 Å². The highest BCUT2D eigenvalue weighted by atomic mass is 32.2. The Balaban J connectivity index is 1.71. The normalized spacial score (nSPS) is 15.2. The van der Waals surface area contributed by atoms with E-state index in [0.29, 0.717) is 17.9 Å². The van der Waals surface area contributed by atoms with Gasteiger partial charge in [-0.25, -0.2) is 8.98 Å². The molecule has 5 nitrogen and oxygen atoms in total. The fourth-order valence-electron chi connectivity index (χ4n) is 1.58. The molecule has 6 heteroatoms. The average molecular weight is 284 g/mol. The first-order valence-corrected chi connectivity index (χ1v) is 7.74. The lowest BCUT2D eigenvalue weighted by atomic mass is 10.2. The van der Waals surface area contributed by atoms with Crippen molar-refractivity contribution in [3.05, 3.63) is 35.9 Å². The van der Waals surface area contributed by atoms with E-state index < -0.39 is 22.9 Å². The van der Waals surface area contributed by atoms with E-state index in [1.54, 1.807) is 30.3 Å². The smallest absolute Gasteiger partial charge is 0.340 e. The number of ether oxygens (including phenoxy) is 1. The van der Waals surface area contributed by atoms with E-state index in [-0.39, 0.29) is 5.75 Å². The van der Waals surface area contributed by atoms with Crippen LogP contribution in [0.2, 0.25) is 0 Å². The van der Waals surface area contributed by atoms with E-state index in [0.717, 1.165) is 12.8 Å². The summed E-state index contributed by atoms with van der Waals surface area (Å²) in [4.78, 5) is 11.5. The molecule has 0 heterocycles. The van der Waals surface area contributed by atoms with Gasteiger partial charge in [-0.1, -0.05) is 31.0 Å². The fraction of sp³-hybridized carbons (Fsp3) is 0.462. The van der Waals surface area contributed by atoms with Gasteiger partial charge in [0.1, 0.15) is 0 Å². The Kier molecular flexibility index (Phi) is 4.55. The molecule has 0 bridgehead atoms. The van der Waals surface area contributed by atoms with Gasteiger partial charge in [0.05, 0.1) is 11.3 Å². The zero-order valence-corrected chi connectivity index (χ0v) is 11.3. The molecule has 1 aliphatic carbocycles. The summed E-state index contributed by atoms with van der Waals surface area (Å²) in [6, 6.07) is 8.34. The van der Waals surface area contributed by atoms with Gasteiger partial charge in [0.25, 0.3) is 10.1 Å². The predicted octanol–water partition coefficient (Wildman–Crippen LogP) is 1.95. The van der Waals surface area contributed by atoms with Gasteiger partial charge in [0.15, 0.2) is 0 Å². The SMILES string of the molecule is O=C(OCOS(=O)(=O)CCC1CC1)c1ccccc1. The number of hydrogen-bond acceptors (Lipinski definition) is 5.